The molecule has 7 nitrogen and oxygen atoms in total. The second-order valence-electron chi connectivity index (χ2n) is 5.85. The molecule has 0 fully saturated rings. The molecule has 2 heterocycles. The van der Waals surface area contributed by atoms with Gasteiger partial charge in [-0.3, -0.25) is 4.90 Å². The van der Waals surface area contributed by atoms with Crippen LogP contribution < -0.4 is 10.6 Å². The van der Waals surface area contributed by atoms with E-state index >= 15 is 0 Å². The van der Waals surface area contributed by atoms with E-state index in [1.807, 2.05) is 6.07 Å². The normalized spacial score (nSPS) is 12.9. The van der Waals surface area contributed by atoms with Crippen molar-refractivity contribution in [2.75, 3.05) is 4.90 Å². The molecule has 8 heteroatoms. The first-order chi connectivity index (χ1) is 12.6. The lowest BCUT2D eigenvalue weighted by molar-refractivity contribution is 0.250. The predicted molar refractivity (Wildman–Crippen MR) is 95.2 cm³/mol. The Morgan fingerprint density at radius 1 is 1.15 bits per heavy atom. The lowest BCUT2D eigenvalue weighted by Gasteiger charge is -2.15. The summed E-state index contributed by atoms with van der Waals surface area (Å²) in [5, 5.41) is 13.6. The van der Waals surface area contributed by atoms with E-state index in [0.29, 0.717) is 22.1 Å². The van der Waals surface area contributed by atoms with E-state index in [0.717, 1.165) is 10.1 Å². The molecule has 1 aromatic heterocycles. The van der Waals surface area contributed by atoms with E-state index < -0.39 is 11.7 Å². The first-order valence-electron chi connectivity index (χ1n) is 7.82. The van der Waals surface area contributed by atoms with Crippen molar-refractivity contribution in [3.8, 4) is 6.07 Å². The number of rotatable bonds is 3. The predicted octanol–water partition coefficient (Wildman–Crippen LogP) is 2.61. The minimum absolute atomic E-state index is 0.203. The Labute approximate surface area is 153 Å². The van der Waals surface area contributed by atoms with Crippen LogP contribution in [0.2, 0.25) is 5.02 Å². The molecule has 3 aromatic rings. The number of nitriles is 1. The number of halogens is 1. The lowest BCUT2D eigenvalue weighted by atomic mass is 10.1. The minimum atomic E-state index is -0.487. The summed E-state index contributed by atoms with van der Waals surface area (Å²) < 4.78 is 2.33. The molecule has 128 valence electrons. The number of fused-ring (bicyclic) bond motifs is 1. The smallest absolute Gasteiger partial charge is 0.286 e. The van der Waals surface area contributed by atoms with Crippen LogP contribution in [0.3, 0.4) is 0 Å². The van der Waals surface area contributed by atoms with Gasteiger partial charge in [-0.2, -0.15) is 14.9 Å². The highest BCUT2D eigenvalue weighted by Gasteiger charge is 2.33. The Morgan fingerprint density at radius 2 is 1.92 bits per heavy atom. The maximum Gasteiger partial charge on any atom is 0.354 e. The number of hydrogen-bond acceptors (Lipinski definition) is 4. The third kappa shape index (κ3) is 2.66. The van der Waals surface area contributed by atoms with Crippen molar-refractivity contribution in [2.45, 2.75) is 13.1 Å². The third-order valence-electron chi connectivity index (χ3n) is 4.16. The molecule has 0 unspecified atom stereocenters. The Hall–Kier alpha value is -3.37. The second kappa shape index (κ2) is 6.17. The summed E-state index contributed by atoms with van der Waals surface area (Å²) in [5.41, 5.74) is 1.49. The summed E-state index contributed by atoms with van der Waals surface area (Å²) in [7, 11) is 0. The summed E-state index contributed by atoms with van der Waals surface area (Å²) in [6, 6.07) is 15.4. The zero-order valence-corrected chi connectivity index (χ0v) is 14.2. The van der Waals surface area contributed by atoms with Gasteiger partial charge < -0.3 is 0 Å². The first-order valence-corrected chi connectivity index (χ1v) is 8.20. The fraction of sp³-hybridized carbons (Fsp3) is 0.111. The number of benzene rings is 2. The molecule has 0 spiro atoms. The molecule has 0 saturated heterocycles. The van der Waals surface area contributed by atoms with Crippen LogP contribution in [0, 0.1) is 11.3 Å². The number of nitrogens with zero attached hydrogens (tertiary/aromatic N) is 5. The van der Waals surface area contributed by atoms with Crippen LogP contribution in [-0.4, -0.2) is 20.4 Å². The number of carbonyl (C=O) groups excluding carboxylic acids is 1. The molecule has 4 rings (SSSR count). The van der Waals surface area contributed by atoms with Gasteiger partial charge in [0.25, 0.3) is 0 Å². The zero-order valence-electron chi connectivity index (χ0n) is 13.5. The average Bonchev–Trinajstić information content (AvgIpc) is 3.13. The van der Waals surface area contributed by atoms with Gasteiger partial charge in [0.05, 0.1) is 24.7 Å². The SMILES string of the molecule is N#Cc1ccc(Cn2nc3n(c2=O)C(=O)N(c2cccc(Cl)c2)C3)cc1. The zero-order chi connectivity index (χ0) is 18.3. The van der Waals surface area contributed by atoms with Crippen LogP contribution in [-0.2, 0) is 13.1 Å². The number of carbonyl (C=O) groups is 1. The van der Waals surface area contributed by atoms with Gasteiger partial charge in [0.2, 0.25) is 0 Å². The van der Waals surface area contributed by atoms with Crippen molar-refractivity contribution < 1.29 is 4.79 Å². The van der Waals surface area contributed by atoms with Crippen LogP contribution >= 0.6 is 11.6 Å². The van der Waals surface area contributed by atoms with Gasteiger partial charge in [0.1, 0.15) is 0 Å². The van der Waals surface area contributed by atoms with E-state index in [2.05, 4.69) is 5.10 Å². The van der Waals surface area contributed by atoms with E-state index in [4.69, 9.17) is 16.9 Å². The van der Waals surface area contributed by atoms with E-state index in [1.54, 1.807) is 48.5 Å². The molecule has 0 aliphatic carbocycles. The van der Waals surface area contributed by atoms with Crippen molar-refractivity contribution >= 4 is 23.3 Å². The summed E-state index contributed by atoms with van der Waals surface area (Å²) in [5.74, 6) is 0.383. The van der Waals surface area contributed by atoms with E-state index in [-0.39, 0.29) is 13.1 Å². The molecule has 0 saturated carbocycles. The van der Waals surface area contributed by atoms with Crippen LogP contribution in [0.1, 0.15) is 17.0 Å². The van der Waals surface area contributed by atoms with Crippen molar-refractivity contribution in [1.82, 2.24) is 14.3 Å². The molecule has 0 bridgehead atoms. The van der Waals surface area contributed by atoms with Crippen molar-refractivity contribution in [3.63, 3.8) is 0 Å². The Bertz CT molecular complexity index is 1110. The fourth-order valence-corrected chi connectivity index (χ4v) is 3.07. The van der Waals surface area contributed by atoms with Gasteiger partial charge in [-0.25, -0.2) is 14.3 Å². The summed E-state index contributed by atoms with van der Waals surface area (Å²) in [4.78, 5) is 26.7. The Kier molecular flexibility index (Phi) is 3.82. The van der Waals surface area contributed by atoms with Gasteiger partial charge in [-0.05, 0) is 35.9 Å². The highest BCUT2D eigenvalue weighted by Crippen LogP contribution is 2.25. The van der Waals surface area contributed by atoms with Crippen molar-refractivity contribution in [1.29, 1.82) is 5.26 Å². The molecule has 1 aliphatic rings. The van der Waals surface area contributed by atoms with Gasteiger partial charge in [0, 0.05) is 10.7 Å². The van der Waals surface area contributed by atoms with Gasteiger partial charge in [-0.1, -0.05) is 29.8 Å². The molecule has 26 heavy (non-hydrogen) atoms. The van der Waals surface area contributed by atoms with Crippen LogP contribution in [0.25, 0.3) is 0 Å². The number of aromatic nitrogens is 3. The summed E-state index contributed by atoms with van der Waals surface area (Å²) >= 11 is 5.98. The van der Waals surface area contributed by atoms with Crippen LogP contribution in [0.5, 0.6) is 0 Å². The summed E-state index contributed by atoms with van der Waals surface area (Å²) in [6.45, 7) is 0.434. The average molecular weight is 366 g/mol. The molecule has 0 atom stereocenters. The molecule has 0 radical (unpaired) electrons. The van der Waals surface area contributed by atoms with Crippen molar-refractivity contribution in [3.05, 3.63) is 81.0 Å². The van der Waals surface area contributed by atoms with Crippen LogP contribution in [0.4, 0.5) is 10.5 Å². The standard InChI is InChI=1S/C18H12ClN5O2/c19-14-2-1-3-15(8-14)22-11-16-21-23(18(26)24(16)17(22)25)10-13-6-4-12(9-20)5-7-13/h1-8H,10-11H2. The number of hydrogen-bond donors (Lipinski definition) is 0. The van der Waals surface area contributed by atoms with Crippen molar-refractivity contribution in [2.24, 2.45) is 0 Å². The first kappa shape index (κ1) is 16.1. The number of amides is 1. The molecule has 1 aliphatic heterocycles. The largest absolute Gasteiger partial charge is 0.354 e. The minimum Gasteiger partial charge on any atom is -0.286 e. The fourth-order valence-electron chi connectivity index (χ4n) is 2.88. The van der Waals surface area contributed by atoms with E-state index in [9.17, 15) is 9.59 Å². The molecular formula is C18H12ClN5O2. The quantitative estimate of drug-likeness (QED) is 0.714. The Balaban J connectivity index is 1.62. The molecular weight excluding hydrogens is 354 g/mol. The maximum absolute atomic E-state index is 12.6. The lowest BCUT2D eigenvalue weighted by Crippen LogP contribution is -2.35. The van der Waals surface area contributed by atoms with E-state index in [1.165, 1.54) is 9.58 Å². The monoisotopic (exact) mass is 365 g/mol. The van der Waals surface area contributed by atoms with Gasteiger partial charge in [-0.15, -0.1) is 0 Å². The molecule has 0 N–H and O–H groups in total. The second-order valence-corrected chi connectivity index (χ2v) is 6.29. The van der Waals surface area contributed by atoms with Crippen LogP contribution in [0.15, 0.2) is 53.3 Å². The third-order valence-corrected chi connectivity index (χ3v) is 4.40. The topological polar surface area (TPSA) is 83.9 Å². The number of anilines is 1. The highest BCUT2D eigenvalue weighted by atomic mass is 35.5. The van der Waals surface area contributed by atoms with Gasteiger partial charge in [0.15, 0.2) is 5.82 Å². The Morgan fingerprint density at radius 3 is 2.58 bits per heavy atom. The molecule has 1 amide bonds. The maximum atomic E-state index is 12.6. The molecule has 2 aromatic carbocycles. The van der Waals surface area contributed by atoms with Gasteiger partial charge >= 0.3 is 11.7 Å². The summed E-state index contributed by atoms with van der Waals surface area (Å²) in [6.07, 6.45) is 0. The highest BCUT2D eigenvalue weighted by molar-refractivity contribution is 6.30.